The van der Waals surface area contributed by atoms with Crippen LogP contribution in [0.5, 0.6) is 0 Å². The van der Waals surface area contributed by atoms with Crippen molar-refractivity contribution in [2.24, 2.45) is 0 Å². The number of pyridine rings is 3. The molecule has 186 valence electrons. The van der Waals surface area contributed by atoms with Gasteiger partial charge in [-0.25, -0.2) is 9.97 Å². The van der Waals surface area contributed by atoms with Gasteiger partial charge in [-0.1, -0.05) is 60.7 Å². The van der Waals surface area contributed by atoms with Crippen LogP contribution in [0.3, 0.4) is 0 Å². The van der Waals surface area contributed by atoms with Crippen LogP contribution in [0.25, 0.3) is 77.1 Å². The van der Waals surface area contributed by atoms with E-state index in [1.54, 1.807) is 6.20 Å². The highest BCUT2D eigenvalue weighted by atomic mass is 15.1. The van der Waals surface area contributed by atoms with Crippen molar-refractivity contribution in [3.05, 3.63) is 128 Å². The van der Waals surface area contributed by atoms with Gasteiger partial charge in [0.05, 0.1) is 27.6 Å². The molecule has 0 saturated carbocycles. The summed E-state index contributed by atoms with van der Waals surface area (Å²) in [7, 11) is 0. The third-order valence-corrected chi connectivity index (χ3v) is 8.02. The second kappa shape index (κ2) is 7.98. The molecule has 9 aromatic rings. The molecule has 0 spiro atoms. The Hall–Kier alpha value is -5.55. The van der Waals surface area contributed by atoms with Gasteiger partial charge >= 0.3 is 0 Å². The Balaban J connectivity index is 1.46. The van der Waals surface area contributed by atoms with E-state index in [1.165, 1.54) is 21.5 Å². The summed E-state index contributed by atoms with van der Waals surface area (Å²) >= 11 is 0. The van der Waals surface area contributed by atoms with E-state index in [9.17, 15) is 0 Å². The minimum atomic E-state index is 0.880. The van der Waals surface area contributed by atoms with Crippen LogP contribution < -0.4 is 0 Å². The molecule has 0 aliphatic heterocycles. The second-order valence-corrected chi connectivity index (χ2v) is 10.2. The summed E-state index contributed by atoms with van der Waals surface area (Å²) < 4.78 is 4.61. The fourth-order valence-electron chi connectivity index (χ4n) is 6.27. The van der Waals surface area contributed by atoms with Crippen molar-refractivity contribution in [3.8, 4) is 16.9 Å². The van der Waals surface area contributed by atoms with Crippen LogP contribution in [0.1, 0.15) is 0 Å². The predicted molar refractivity (Wildman–Crippen MR) is 163 cm³/mol. The zero-order valence-corrected chi connectivity index (χ0v) is 21.4. The summed E-state index contributed by atoms with van der Waals surface area (Å²) in [6.07, 6.45) is 5.58. The average molecular weight is 512 g/mol. The molecular formula is C35H21N5. The van der Waals surface area contributed by atoms with Crippen molar-refractivity contribution in [2.45, 2.75) is 0 Å². The standard InChI is InChI=1S/C35H21N5/c1-2-11-26-24(9-1)27-19-32-28(20-33(27)40-31-14-6-4-12-29(31)38-35(26)40)25-10-3-5-13-30(25)39(32)34-18-22(15-17-37-34)23-8-7-16-36-21-23/h1-21H. The van der Waals surface area contributed by atoms with Gasteiger partial charge in [-0.2, -0.15) is 0 Å². The molecule has 9 rings (SSSR count). The lowest BCUT2D eigenvalue weighted by molar-refractivity contribution is 1.08. The van der Waals surface area contributed by atoms with Gasteiger partial charge in [0.15, 0.2) is 0 Å². The average Bonchev–Trinajstić information content (AvgIpc) is 3.57. The van der Waals surface area contributed by atoms with Crippen molar-refractivity contribution < 1.29 is 0 Å². The number of para-hydroxylation sites is 3. The zero-order valence-electron chi connectivity index (χ0n) is 21.4. The molecule has 5 aromatic heterocycles. The van der Waals surface area contributed by atoms with Crippen molar-refractivity contribution in [1.29, 1.82) is 0 Å². The molecule has 4 aromatic carbocycles. The number of nitrogens with zero attached hydrogens (tertiary/aromatic N) is 5. The summed E-state index contributed by atoms with van der Waals surface area (Å²) in [6, 6.07) is 38.5. The molecule has 0 amide bonds. The molecule has 0 unspecified atom stereocenters. The minimum Gasteiger partial charge on any atom is -0.294 e. The van der Waals surface area contributed by atoms with E-state index in [4.69, 9.17) is 9.97 Å². The summed E-state index contributed by atoms with van der Waals surface area (Å²) in [5.74, 6) is 0.880. The Morgan fingerprint density at radius 1 is 0.500 bits per heavy atom. The number of imidazole rings is 1. The maximum Gasteiger partial charge on any atom is 0.146 e. The van der Waals surface area contributed by atoms with E-state index in [-0.39, 0.29) is 0 Å². The monoisotopic (exact) mass is 511 g/mol. The first kappa shape index (κ1) is 21.4. The van der Waals surface area contributed by atoms with Crippen molar-refractivity contribution in [2.75, 3.05) is 0 Å². The number of aromatic nitrogens is 5. The van der Waals surface area contributed by atoms with Gasteiger partial charge in [-0.05, 0) is 59.5 Å². The van der Waals surface area contributed by atoms with E-state index in [0.29, 0.717) is 0 Å². The first-order chi connectivity index (χ1) is 19.8. The summed E-state index contributed by atoms with van der Waals surface area (Å²) in [5, 5.41) is 5.90. The van der Waals surface area contributed by atoms with E-state index in [0.717, 1.165) is 55.6 Å². The fourth-order valence-corrected chi connectivity index (χ4v) is 6.27. The first-order valence-corrected chi connectivity index (χ1v) is 13.4. The molecule has 0 N–H and O–H groups in total. The van der Waals surface area contributed by atoms with E-state index in [1.807, 2.05) is 24.5 Å². The number of rotatable bonds is 2. The highest BCUT2D eigenvalue weighted by Gasteiger charge is 2.19. The van der Waals surface area contributed by atoms with Crippen LogP contribution >= 0.6 is 0 Å². The molecular weight excluding hydrogens is 490 g/mol. The van der Waals surface area contributed by atoms with Crippen molar-refractivity contribution >= 4 is 60.2 Å². The number of hydrogen-bond acceptors (Lipinski definition) is 3. The van der Waals surface area contributed by atoms with Gasteiger partial charge in [-0.3, -0.25) is 14.0 Å². The van der Waals surface area contributed by atoms with E-state index >= 15 is 0 Å². The normalized spacial score (nSPS) is 12.0. The van der Waals surface area contributed by atoms with Gasteiger partial charge in [0.1, 0.15) is 11.5 Å². The predicted octanol–water partition coefficient (Wildman–Crippen LogP) is 8.35. The third kappa shape index (κ3) is 2.89. The molecule has 5 nitrogen and oxygen atoms in total. The number of benzene rings is 4. The molecule has 0 saturated heterocycles. The molecule has 0 aliphatic rings. The summed E-state index contributed by atoms with van der Waals surface area (Å²) in [4.78, 5) is 14.3. The van der Waals surface area contributed by atoms with Gasteiger partial charge in [-0.15, -0.1) is 0 Å². The highest BCUT2D eigenvalue weighted by molar-refractivity contribution is 6.20. The van der Waals surface area contributed by atoms with E-state index in [2.05, 4.69) is 111 Å². The molecule has 0 bridgehead atoms. The molecule has 0 radical (unpaired) electrons. The topological polar surface area (TPSA) is 48.0 Å². The van der Waals surface area contributed by atoms with Crippen LogP contribution in [-0.4, -0.2) is 23.9 Å². The van der Waals surface area contributed by atoms with Gasteiger partial charge in [0, 0.05) is 45.7 Å². The Morgan fingerprint density at radius 3 is 2.12 bits per heavy atom. The quantitative estimate of drug-likeness (QED) is 0.219. The number of fused-ring (bicyclic) bond motifs is 11. The van der Waals surface area contributed by atoms with Crippen molar-refractivity contribution in [1.82, 2.24) is 23.9 Å². The number of hydrogen-bond donors (Lipinski definition) is 0. The largest absolute Gasteiger partial charge is 0.294 e. The Bertz CT molecular complexity index is 2430. The summed E-state index contributed by atoms with van der Waals surface area (Å²) in [5.41, 5.74) is 8.65. The summed E-state index contributed by atoms with van der Waals surface area (Å²) in [6.45, 7) is 0. The second-order valence-electron chi connectivity index (χ2n) is 10.2. The molecule has 5 heterocycles. The molecule has 40 heavy (non-hydrogen) atoms. The lowest BCUT2D eigenvalue weighted by Crippen LogP contribution is -1.98. The van der Waals surface area contributed by atoms with Crippen LogP contribution in [0.4, 0.5) is 0 Å². The van der Waals surface area contributed by atoms with Crippen LogP contribution in [0.2, 0.25) is 0 Å². The highest BCUT2D eigenvalue weighted by Crippen LogP contribution is 2.39. The first-order valence-electron chi connectivity index (χ1n) is 13.4. The molecule has 0 atom stereocenters. The molecule has 0 fully saturated rings. The van der Waals surface area contributed by atoms with Gasteiger partial charge in [0.25, 0.3) is 0 Å². The minimum absolute atomic E-state index is 0.880. The SMILES string of the molecule is c1cncc(-c2ccnc(-n3c4ccccc4c4cc5c(cc43)c3ccccc3c3nc4ccccc4n53)c2)c1. The fraction of sp³-hybridized carbons (Fsp3) is 0. The lowest BCUT2D eigenvalue weighted by atomic mass is 10.0. The lowest BCUT2D eigenvalue weighted by Gasteiger charge is -2.12. The Labute approximate surface area is 228 Å². The molecule has 5 heteroatoms. The van der Waals surface area contributed by atoms with Crippen LogP contribution in [0.15, 0.2) is 128 Å². The van der Waals surface area contributed by atoms with Gasteiger partial charge in [0.2, 0.25) is 0 Å². The Kier molecular flexibility index (Phi) is 4.27. The van der Waals surface area contributed by atoms with Crippen molar-refractivity contribution in [3.63, 3.8) is 0 Å². The third-order valence-electron chi connectivity index (χ3n) is 8.02. The van der Waals surface area contributed by atoms with Crippen LogP contribution in [0, 0.1) is 0 Å². The Morgan fingerprint density at radius 2 is 1.25 bits per heavy atom. The maximum absolute atomic E-state index is 5.07. The van der Waals surface area contributed by atoms with Gasteiger partial charge < -0.3 is 0 Å². The smallest absolute Gasteiger partial charge is 0.146 e. The van der Waals surface area contributed by atoms with Crippen LogP contribution in [-0.2, 0) is 0 Å². The zero-order chi connectivity index (χ0) is 26.2. The maximum atomic E-state index is 5.07. The van der Waals surface area contributed by atoms with E-state index < -0.39 is 0 Å². The molecule has 0 aliphatic carbocycles.